The van der Waals surface area contributed by atoms with Gasteiger partial charge < -0.3 is 0 Å². The molecular weight excluding hydrogens is 160 g/mol. The maximum absolute atomic E-state index is 12.6. The van der Waals surface area contributed by atoms with Gasteiger partial charge in [0.05, 0.1) is 0 Å². The molecule has 0 rings (SSSR count). The van der Waals surface area contributed by atoms with Crippen LogP contribution in [0.2, 0.25) is 0 Å². The Hall–Kier alpha value is 0.110. The fraction of sp³-hybridized carbons (Fsp3) is 1.00. The number of hydrogen-bond acceptors (Lipinski definition) is 1. The van der Waals surface area contributed by atoms with Crippen LogP contribution < -0.4 is 0 Å². The van der Waals surface area contributed by atoms with Crippen molar-refractivity contribution in [2.45, 2.75) is 25.8 Å². The van der Waals surface area contributed by atoms with Gasteiger partial charge in [0.15, 0.2) is 6.30 Å². The maximum atomic E-state index is 12.6. The van der Waals surface area contributed by atoms with Gasteiger partial charge in [0.2, 0.25) is 5.63 Å². The molecule has 2 unspecified atom stereocenters. The van der Waals surface area contributed by atoms with Crippen molar-refractivity contribution >= 4 is 11.6 Å². The van der Waals surface area contributed by atoms with Crippen LogP contribution in [0.3, 0.4) is 0 Å². The van der Waals surface area contributed by atoms with Gasteiger partial charge in [-0.2, -0.15) is 0 Å². The minimum Gasteiger partial charge on any atom is -0.271 e. The third kappa shape index (κ3) is 2.80. The smallest absolute Gasteiger partial charge is 0.217 e. The second-order valence-electron chi connectivity index (χ2n) is 1.93. The van der Waals surface area contributed by atoms with E-state index in [2.05, 4.69) is 0 Å². The minimum absolute atomic E-state index is 0.477. The van der Waals surface area contributed by atoms with E-state index >= 15 is 0 Å². The second kappa shape index (κ2) is 4.85. The quantitative estimate of drug-likeness (QED) is 0.463. The Morgan fingerprint density at radius 1 is 1.30 bits per heavy atom. The van der Waals surface area contributed by atoms with E-state index in [9.17, 15) is 8.78 Å². The summed E-state index contributed by atoms with van der Waals surface area (Å²) in [4.78, 5) is 1.32. The minimum atomic E-state index is -1.92. The van der Waals surface area contributed by atoms with E-state index in [-0.39, 0.29) is 0 Å². The van der Waals surface area contributed by atoms with Crippen LogP contribution in [0, 0.1) is 0 Å². The van der Waals surface area contributed by atoms with Crippen LogP contribution in [0.15, 0.2) is 0 Å². The van der Waals surface area contributed by atoms with Crippen molar-refractivity contribution in [3.05, 3.63) is 0 Å². The summed E-state index contributed by atoms with van der Waals surface area (Å²) in [6.45, 7) is 4.47. The molecule has 62 valence electrons. The highest BCUT2D eigenvalue weighted by molar-refractivity contribution is 6.19. The summed E-state index contributed by atoms with van der Waals surface area (Å²) >= 11 is 4.90. The highest BCUT2D eigenvalue weighted by Crippen LogP contribution is 2.12. The number of rotatable bonds is 4. The highest BCUT2D eigenvalue weighted by atomic mass is 35.5. The average molecular weight is 172 g/mol. The van der Waals surface area contributed by atoms with Crippen molar-refractivity contribution in [1.82, 2.24) is 4.90 Å². The average Bonchev–Trinajstić information content (AvgIpc) is 1.90. The number of hydrogen-bond donors (Lipinski definition) is 0. The van der Waals surface area contributed by atoms with Crippen LogP contribution in [-0.2, 0) is 0 Å². The molecule has 0 aromatic rings. The van der Waals surface area contributed by atoms with Crippen LogP contribution >= 0.6 is 11.6 Å². The van der Waals surface area contributed by atoms with Gasteiger partial charge in [-0.1, -0.05) is 25.4 Å². The SMILES string of the molecule is CCN(CC)C(F)C(F)Cl. The molecule has 0 fully saturated rings. The molecule has 0 aliphatic rings. The molecule has 10 heavy (non-hydrogen) atoms. The van der Waals surface area contributed by atoms with Crippen LogP contribution in [-0.4, -0.2) is 29.9 Å². The first-order chi connectivity index (χ1) is 4.63. The Morgan fingerprint density at radius 2 is 1.70 bits per heavy atom. The van der Waals surface area contributed by atoms with Gasteiger partial charge in [-0.3, -0.25) is 4.90 Å². The van der Waals surface area contributed by atoms with Gasteiger partial charge in [-0.25, -0.2) is 8.78 Å². The molecule has 1 nitrogen and oxygen atoms in total. The van der Waals surface area contributed by atoms with Crippen molar-refractivity contribution in [2.24, 2.45) is 0 Å². The van der Waals surface area contributed by atoms with Crippen molar-refractivity contribution in [2.75, 3.05) is 13.1 Å². The molecular formula is C6H12ClF2N. The third-order valence-corrected chi connectivity index (χ3v) is 1.58. The molecule has 2 atom stereocenters. The lowest BCUT2D eigenvalue weighted by molar-refractivity contribution is 0.0525. The Morgan fingerprint density at radius 3 is 1.80 bits per heavy atom. The van der Waals surface area contributed by atoms with E-state index in [1.807, 2.05) is 0 Å². The lowest BCUT2D eigenvalue weighted by Crippen LogP contribution is -2.36. The largest absolute Gasteiger partial charge is 0.271 e. The van der Waals surface area contributed by atoms with E-state index in [4.69, 9.17) is 11.6 Å². The summed E-state index contributed by atoms with van der Waals surface area (Å²) in [7, 11) is 0. The molecule has 0 bridgehead atoms. The van der Waals surface area contributed by atoms with Crippen LogP contribution in [0.5, 0.6) is 0 Å². The summed E-state index contributed by atoms with van der Waals surface area (Å²) < 4.78 is 24.7. The number of alkyl halides is 3. The normalized spacial score (nSPS) is 17.4. The molecule has 0 aromatic heterocycles. The van der Waals surface area contributed by atoms with Gasteiger partial charge in [-0.15, -0.1) is 0 Å². The van der Waals surface area contributed by atoms with E-state index in [1.54, 1.807) is 13.8 Å². The summed E-state index contributed by atoms with van der Waals surface area (Å²) in [6, 6.07) is 0. The second-order valence-corrected chi connectivity index (χ2v) is 2.35. The zero-order chi connectivity index (χ0) is 8.15. The monoisotopic (exact) mass is 171 g/mol. The molecule has 0 amide bonds. The zero-order valence-electron chi connectivity index (χ0n) is 6.15. The first kappa shape index (κ1) is 10.1. The molecule has 0 saturated heterocycles. The standard InChI is InChI=1S/C6H12ClF2N/c1-3-10(4-2)6(9)5(7)8/h5-6H,3-4H2,1-2H3. The molecule has 0 heterocycles. The Labute approximate surface area is 65.0 Å². The Kier molecular flexibility index (Phi) is 4.91. The summed E-state index contributed by atoms with van der Waals surface area (Å²) in [5, 5.41) is 0. The van der Waals surface area contributed by atoms with Crippen molar-refractivity contribution < 1.29 is 8.78 Å². The van der Waals surface area contributed by atoms with Gasteiger partial charge in [0, 0.05) is 0 Å². The lowest BCUT2D eigenvalue weighted by Gasteiger charge is -2.22. The molecule has 0 radical (unpaired) electrons. The van der Waals surface area contributed by atoms with E-state index in [1.165, 1.54) is 4.90 Å². The van der Waals surface area contributed by atoms with E-state index < -0.39 is 11.9 Å². The first-order valence-corrected chi connectivity index (χ1v) is 3.73. The maximum Gasteiger partial charge on any atom is 0.217 e. The van der Waals surface area contributed by atoms with Crippen LogP contribution in [0.4, 0.5) is 8.78 Å². The molecule has 0 saturated carbocycles. The third-order valence-electron chi connectivity index (χ3n) is 1.37. The summed E-state index contributed by atoms with van der Waals surface area (Å²) in [5.41, 5.74) is -1.92. The first-order valence-electron chi connectivity index (χ1n) is 3.29. The van der Waals surface area contributed by atoms with Crippen molar-refractivity contribution in [3.8, 4) is 0 Å². The van der Waals surface area contributed by atoms with E-state index in [0.29, 0.717) is 13.1 Å². The van der Waals surface area contributed by atoms with Crippen LogP contribution in [0.1, 0.15) is 13.8 Å². The summed E-state index contributed by atoms with van der Waals surface area (Å²) in [5.74, 6) is 0. The lowest BCUT2D eigenvalue weighted by atomic mass is 10.5. The molecule has 0 aliphatic carbocycles. The van der Waals surface area contributed by atoms with Gasteiger partial charge in [-0.05, 0) is 13.1 Å². The fourth-order valence-electron chi connectivity index (χ4n) is 0.732. The summed E-state index contributed by atoms with van der Waals surface area (Å²) in [6.07, 6.45) is -1.67. The molecule has 0 aliphatic heterocycles. The topological polar surface area (TPSA) is 3.24 Å². The van der Waals surface area contributed by atoms with Gasteiger partial charge in [0.1, 0.15) is 0 Å². The number of halogens is 3. The molecule has 0 spiro atoms. The van der Waals surface area contributed by atoms with Crippen LogP contribution in [0.25, 0.3) is 0 Å². The predicted molar refractivity (Wildman–Crippen MR) is 38.6 cm³/mol. The highest BCUT2D eigenvalue weighted by Gasteiger charge is 2.22. The molecule has 4 heteroatoms. The van der Waals surface area contributed by atoms with Crippen molar-refractivity contribution in [3.63, 3.8) is 0 Å². The zero-order valence-corrected chi connectivity index (χ0v) is 6.91. The number of nitrogens with zero attached hydrogens (tertiary/aromatic N) is 1. The van der Waals surface area contributed by atoms with Crippen molar-refractivity contribution in [1.29, 1.82) is 0 Å². The Balaban J connectivity index is 3.76. The fourth-order valence-corrected chi connectivity index (χ4v) is 0.891. The Bertz CT molecular complexity index is 85.8. The molecule has 0 N–H and O–H groups in total. The van der Waals surface area contributed by atoms with Gasteiger partial charge >= 0.3 is 0 Å². The van der Waals surface area contributed by atoms with E-state index in [0.717, 1.165) is 0 Å². The van der Waals surface area contributed by atoms with Gasteiger partial charge in [0.25, 0.3) is 0 Å². The molecule has 0 aromatic carbocycles. The predicted octanol–water partition coefficient (Wildman–Crippen LogP) is 2.16.